The third kappa shape index (κ3) is 1.83. The van der Waals surface area contributed by atoms with Crippen LogP contribution in [-0.4, -0.2) is 6.04 Å². The average Bonchev–Trinajstić information content (AvgIpc) is 2.95. The van der Waals surface area contributed by atoms with E-state index >= 15 is 0 Å². The average molecular weight is 279 g/mol. The minimum absolute atomic E-state index is 0.221. The van der Waals surface area contributed by atoms with Crippen LogP contribution in [0.15, 0.2) is 42.5 Å². The Hall–Kier alpha value is -1.50. The van der Waals surface area contributed by atoms with E-state index in [1.165, 1.54) is 11.3 Å². The van der Waals surface area contributed by atoms with Gasteiger partial charge in [-0.2, -0.15) is 0 Å². The van der Waals surface area contributed by atoms with Crippen LogP contribution in [0.5, 0.6) is 0 Å². The van der Waals surface area contributed by atoms with Crippen molar-refractivity contribution < 1.29 is 0 Å². The molecule has 1 heteroatoms. The third-order valence-electron chi connectivity index (χ3n) is 5.80. The zero-order valence-electron chi connectivity index (χ0n) is 13.4. The minimum Gasteiger partial charge on any atom is -0.381 e. The molecular formula is C20H25N. The molecule has 1 N–H and O–H groups in total. The van der Waals surface area contributed by atoms with Gasteiger partial charge in [-0.25, -0.2) is 0 Å². The molecule has 5 atom stereocenters. The van der Waals surface area contributed by atoms with Gasteiger partial charge in [0.05, 0.1) is 0 Å². The Morgan fingerprint density at radius 2 is 1.71 bits per heavy atom. The van der Waals surface area contributed by atoms with Crippen LogP contribution in [0.1, 0.15) is 44.7 Å². The summed E-state index contributed by atoms with van der Waals surface area (Å²) >= 11 is 0. The van der Waals surface area contributed by atoms with Gasteiger partial charge in [-0.05, 0) is 40.4 Å². The van der Waals surface area contributed by atoms with E-state index < -0.39 is 0 Å². The fraction of sp³-hybridized carbons (Fsp3) is 0.500. The summed E-state index contributed by atoms with van der Waals surface area (Å²) in [6.07, 6.45) is 9.32. The minimum atomic E-state index is 0.221. The van der Waals surface area contributed by atoms with Crippen molar-refractivity contribution in [3.05, 3.63) is 53.6 Å². The molecule has 2 aliphatic carbocycles. The molecule has 5 unspecified atom stereocenters. The smallest absolute Gasteiger partial charge is 0.0379 e. The van der Waals surface area contributed by atoms with E-state index in [1.54, 1.807) is 5.56 Å². The highest BCUT2D eigenvalue weighted by Crippen LogP contribution is 2.55. The number of fused-ring (bicyclic) bond motifs is 5. The Kier molecular flexibility index (Phi) is 2.67. The summed E-state index contributed by atoms with van der Waals surface area (Å²) in [5.41, 5.74) is 4.59. The Morgan fingerprint density at radius 3 is 2.43 bits per heavy atom. The number of hydrogen-bond acceptors (Lipinski definition) is 1. The molecule has 110 valence electrons. The summed E-state index contributed by atoms with van der Waals surface area (Å²) in [6.45, 7) is 9.32. The van der Waals surface area contributed by atoms with Gasteiger partial charge in [-0.1, -0.05) is 64.1 Å². The standard InChI is InChI=1S/C20H25N/c1-12-14-7-5-6-8-15(14)18-16-11-13(20(2,3)4)9-10-17(16)21-19(12)18/h5-12,14-15,18-19,21H,1-4H3. The van der Waals surface area contributed by atoms with Gasteiger partial charge in [0, 0.05) is 17.6 Å². The second-order valence-corrected chi connectivity index (χ2v) is 8.03. The van der Waals surface area contributed by atoms with Gasteiger partial charge in [-0.3, -0.25) is 0 Å². The lowest BCUT2D eigenvalue weighted by atomic mass is 9.79. The van der Waals surface area contributed by atoms with E-state index in [4.69, 9.17) is 0 Å². The predicted molar refractivity (Wildman–Crippen MR) is 89.7 cm³/mol. The molecule has 0 bridgehead atoms. The number of anilines is 1. The van der Waals surface area contributed by atoms with Crippen molar-refractivity contribution in [3.63, 3.8) is 0 Å². The first-order valence-electron chi connectivity index (χ1n) is 8.23. The molecular weight excluding hydrogens is 254 g/mol. The van der Waals surface area contributed by atoms with E-state index in [0.29, 0.717) is 29.7 Å². The van der Waals surface area contributed by atoms with Crippen molar-refractivity contribution in [2.75, 3.05) is 5.32 Å². The monoisotopic (exact) mass is 279 g/mol. The van der Waals surface area contributed by atoms with Crippen molar-refractivity contribution in [1.82, 2.24) is 0 Å². The van der Waals surface area contributed by atoms with Gasteiger partial charge in [0.25, 0.3) is 0 Å². The lowest BCUT2D eigenvalue weighted by Gasteiger charge is -2.25. The van der Waals surface area contributed by atoms with Gasteiger partial charge >= 0.3 is 0 Å². The van der Waals surface area contributed by atoms with Crippen molar-refractivity contribution in [1.29, 1.82) is 0 Å². The van der Waals surface area contributed by atoms with Gasteiger partial charge in [0.15, 0.2) is 0 Å². The molecule has 0 amide bonds. The Morgan fingerprint density at radius 1 is 1.00 bits per heavy atom. The number of nitrogens with one attached hydrogen (secondary N) is 1. The lowest BCUT2D eigenvalue weighted by molar-refractivity contribution is 0.435. The van der Waals surface area contributed by atoms with Crippen LogP contribution >= 0.6 is 0 Å². The molecule has 1 fully saturated rings. The van der Waals surface area contributed by atoms with Gasteiger partial charge < -0.3 is 5.32 Å². The highest BCUT2D eigenvalue weighted by atomic mass is 15.0. The molecule has 21 heavy (non-hydrogen) atoms. The van der Waals surface area contributed by atoms with Crippen molar-refractivity contribution in [3.8, 4) is 0 Å². The van der Waals surface area contributed by atoms with E-state index in [-0.39, 0.29) is 5.41 Å². The maximum absolute atomic E-state index is 3.81. The Balaban J connectivity index is 1.80. The van der Waals surface area contributed by atoms with E-state index in [1.807, 2.05) is 0 Å². The highest BCUT2D eigenvalue weighted by molar-refractivity contribution is 5.63. The van der Waals surface area contributed by atoms with Crippen molar-refractivity contribution in [2.45, 2.75) is 45.1 Å². The topological polar surface area (TPSA) is 12.0 Å². The molecule has 0 spiro atoms. The summed E-state index contributed by atoms with van der Waals surface area (Å²) in [5, 5.41) is 3.81. The normalized spacial score (nSPS) is 36.1. The zero-order valence-corrected chi connectivity index (χ0v) is 13.4. The third-order valence-corrected chi connectivity index (χ3v) is 5.80. The largest absolute Gasteiger partial charge is 0.381 e. The summed E-state index contributed by atoms with van der Waals surface area (Å²) in [5.74, 6) is 2.71. The second kappa shape index (κ2) is 4.25. The quantitative estimate of drug-likeness (QED) is 0.714. The molecule has 1 saturated carbocycles. The number of benzene rings is 1. The number of hydrogen-bond donors (Lipinski definition) is 1. The summed E-state index contributed by atoms with van der Waals surface area (Å²) in [7, 11) is 0. The first-order chi connectivity index (χ1) is 9.97. The van der Waals surface area contributed by atoms with Gasteiger partial charge in [0.1, 0.15) is 0 Å². The SMILES string of the molecule is CC1C2C=CC=CC2C2c3cc(C(C)(C)C)ccc3NC12. The zero-order chi connectivity index (χ0) is 14.8. The lowest BCUT2D eigenvalue weighted by Crippen LogP contribution is -2.23. The molecule has 0 radical (unpaired) electrons. The van der Waals surface area contributed by atoms with Crippen LogP contribution in [0.25, 0.3) is 0 Å². The van der Waals surface area contributed by atoms with Crippen LogP contribution in [0.2, 0.25) is 0 Å². The number of rotatable bonds is 0. The first kappa shape index (κ1) is 13.2. The fourth-order valence-electron chi connectivity index (χ4n) is 4.57. The second-order valence-electron chi connectivity index (χ2n) is 8.03. The Bertz CT molecular complexity index is 632. The summed E-state index contributed by atoms with van der Waals surface area (Å²) < 4.78 is 0. The predicted octanol–water partition coefficient (Wildman–Crippen LogP) is 4.87. The van der Waals surface area contributed by atoms with Gasteiger partial charge in [0.2, 0.25) is 0 Å². The number of allylic oxidation sites excluding steroid dienone is 4. The van der Waals surface area contributed by atoms with Crippen LogP contribution < -0.4 is 5.32 Å². The van der Waals surface area contributed by atoms with E-state index in [0.717, 1.165) is 0 Å². The molecule has 1 aliphatic heterocycles. The molecule has 0 aromatic heterocycles. The summed E-state index contributed by atoms with van der Waals surface area (Å²) in [4.78, 5) is 0. The van der Waals surface area contributed by atoms with Crippen molar-refractivity contribution in [2.24, 2.45) is 17.8 Å². The van der Waals surface area contributed by atoms with Crippen LogP contribution in [0.4, 0.5) is 5.69 Å². The molecule has 3 aliphatic rings. The highest BCUT2D eigenvalue weighted by Gasteiger charge is 2.51. The van der Waals surface area contributed by atoms with Crippen LogP contribution in [0.3, 0.4) is 0 Å². The van der Waals surface area contributed by atoms with Crippen LogP contribution in [-0.2, 0) is 5.41 Å². The maximum atomic E-state index is 3.81. The first-order valence-corrected chi connectivity index (χ1v) is 8.23. The van der Waals surface area contributed by atoms with E-state index in [9.17, 15) is 0 Å². The van der Waals surface area contributed by atoms with Crippen molar-refractivity contribution >= 4 is 5.69 Å². The molecule has 4 rings (SSSR count). The maximum Gasteiger partial charge on any atom is 0.0379 e. The molecule has 1 nitrogen and oxygen atoms in total. The molecule has 1 aromatic rings. The fourth-order valence-corrected chi connectivity index (χ4v) is 4.57. The summed E-state index contributed by atoms with van der Waals surface area (Å²) in [6, 6.07) is 7.66. The van der Waals surface area contributed by atoms with Gasteiger partial charge in [-0.15, -0.1) is 0 Å². The van der Waals surface area contributed by atoms with Crippen LogP contribution in [0, 0.1) is 17.8 Å². The van der Waals surface area contributed by atoms with E-state index in [2.05, 4.69) is 75.5 Å². The molecule has 0 saturated heterocycles. The Labute approximate surface area is 128 Å². The molecule has 1 aromatic carbocycles. The molecule has 1 heterocycles.